The van der Waals surface area contributed by atoms with Crippen LogP contribution >= 0.6 is 35.4 Å². The summed E-state index contributed by atoms with van der Waals surface area (Å²) in [6, 6.07) is 11.0. The average molecular weight is 507 g/mol. The van der Waals surface area contributed by atoms with E-state index < -0.39 is 18.0 Å². The molecule has 1 aliphatic rings. The van der Waals surface area contributed by atoms with Crippen molar-refractivity contribution in [3.05, 3.63) is 69.3 Å². The van der Waals surface area contributed by atoms with Gasteiger partial charge in [-0.25, -0.2) is 9.59 Å². The Morgan fingerprint density at radius 3 is 2.42 bits per heavy atom. The monoisotopic (exact) mass is 506 g/mol. The van der Waals surface area contributed by atoms with Crippen molar-refractivity contribution in [2.24, 2.45) is 0 Å². The number of nitrogens with zero attached hydrogens (tertiary/aromatic N) is 1. The summed E-state index contributed by atoms with van der Waals surface area (Å²) in [6.07, 6.45) is 0. The number of carbonyl (C=O) groups is 2. The zero-order valence-corrected chi connectivity index (χ0v) is 20.7. The molecule has 3 N–H and O–H groups in total. The number of anilines is 2. The predicted molar refractivity (Wildman–Crippen MR) is 136 cm³/mol. The average Bonchev–Trinajstić information content (AvgIpc) is 2.76. The number of allylic oxidation sites excluding steroid dienone is 1. The highest BCUT2D eigenvalue weighted by Crippen LogP contribution is 2.32. The number of ether oxygens (including phenoxy) is 1. The Bertz CT molecular complexity index is 1110. The first-order valence-electron chi connectivity index (χ1n) is 10.3. The zero-order valence-electron chi connectivity index (χ0n) is 18.4. The van der Waals surface area contributed by atoms with Gasteiger partial charge >= 0.3 is 12.0 Å². The van der Waals surface area contributed by atoms with Crippen molar-refractivity contribution >= 4 is 63.9 Å². The van der Waals surface area contributed by atoms with Gasteiger partial charge < -0.3 is 25.6 Å². The fourth-order valence-electron chi connectivity index (χ4n) is 3.52. The fourth-order valence-corrected chi connectivity index (χ4v) is 4.36. The summed E-state index contributed by atoms with van der Waals surface area (Å²) in [4.78, 5) is 26.9. The van der Waals surface area contributed by atoms with E-state index in [0.717, 1.165) is 11.3 Å². The molecule has 2 aromatic carbocycles. The van der Waals surface area contributed by atoms with Gasteiger partial charge in [-0.15, -0.1) is 0 Å². The summed E-state index contributed by atoms with van der Waals surface area (Å²) in [5.74, 6) is -0.394. The van der Waals surface area contributed by atoms with Gasteiger partial charge in [-0.3, -0.25) is 0 Å². The topological polar surface area (TPSA) is 82.7 Å². The van der Waals surface area contributed by atoms with Gasteiger partial charge in [-0.05, 0) is 68.9 Å². The van der Waals surface area contributed by atoms with Crippen LogP contribution in [0.3, 0.4) is 0 Å². The van der Waals surface area contributed by atoms with Gasteiger partial charge in [0.25, 0.3) is 0 Å². The number of hydrogen-bond acceptors (Lipinski definition) is 4. The molecule has 0 saturated carbocycles. The van der Waals surface area contributed by atoms with E-state index in [1.54, 1.807) is 37.3 Å². The maximum Gasteiger partial charge on any atom is 0.338 e. The van der Waals surface area contributed by atoms with Crippen LogP contribution < -0.4 is 16.0 Å². The number of thiocarbonyl (C=S) groups is 1. The van der Waals surface area contributed by atoms with E-state index in [-0.39, 0.29) is 6.61 Å². The van der Waals surface area contributed by atoms with Gasteiger partial charge in [0.15, 0.2) is 5.11 Å². The van der Waals surface area contributed by atoms with Crippen LogP contribution in [0.4, 0.5) is 16.2 Å². The maximum atomic E-state index is 12.7. The quantitative estimate of drug-likeness (QED) is 0.343. The molecule has 1 atom stereocenters. The molecule has 0 spiro atoms. The van der Waals surface area contributed by atoms with E-state index >= 15 is 0 Å². The van der Waals surface area contributed by atoms with Crippen LogP contribution in [0.1, 0.15) is 32.4 Å². The molecule has 174 valence electrons. The van der Waals surface area contributed by atoms with Crippen LogP contribution in [0, 0.1) is 0 Å². The largest absolute Gasteiger partial charge is 0.463 e. The van der Waals surface area contributed by atoms with Crippen LogP contribution in [0.15, 0.2) is 53.7 Å². The number of esters is 1. The molecule has 1 heterocycles. The minimum atomic E-state index is -0.463. The molecule has 10 heteroatoms. The SMILES string of the molecule is CCOC(=O)C1=C(C)N(CC)C(=S)NC1c1ccc(NC(=O)Nc2ccc(Cl)cc2Cl)cc1. The number of amides is 2. The minimum absolute atomic E-state index is 0.272. The molecule has 7 nitrogen and oxygen atoms in total. The first-order valence-corrected chi connectivity index (χ1v) is 11.5. The van der Waals surface area contributed by atoms with E-state index in [0.29, 0.717) is 38.7 Å². The Morgan fingerprint density at radius 2 is 1.82 bits per heavy atom. The lowest BCUT2D eigenvalue weighted by molar-refractivity contribution is -0.139. The molecule has 1 aliphatic heterocycles. The smallest absolute Gasteiger partial charge is 0.338 e. The van der Waals surface area contributed by atoms with E-state index in [4.69, 9.17) is 40.2 Å². The molecule has 0 radical (unpaired) electrons. The van der Waals surface area contributed by atoms with Gasteiger partial charge in [-0.2, -0.15) is 0 Å². The van der Waals surface area contributed by atoms with Gasteiger partial charge in [-0.1, -0.05) is 35.3 Å². The summed E-state index contributed by atoms with van der Waals surface area (Å²) >= 11 is 17.5. The number of hydrogen-bond donors (Lipinski definition) is 3. The van der Waals surface area contributed by atoms with Gasteiger partial charge in [0.05, 0.1) is 28.9 Å². The van der Waals surface area contributed by atoms with E-state index in [2.05, 4.69) is 16.0 Å². The maximum absolute atomic E-state index is 12.7. The van der Waals surface area contributed by atoms with Crippen LogP contribution in [0.2, 0.25) is 10.0 Å². The molecule has 2 amide bonds. The molecule has 33 heavy (non-hydrogen) atoms. The van der Waals surface area contributed by atoms with Crippen LogP contribution in [0.25, 0.3) is 0 Å². The molecule has 2 aromatic rings. The second-order valence-electron chi connectivity index (χ2n) is 7.17. The summed E-state index contributed by atoms with van der Waals surface area (Å²) in [7, 11) is 0. The van der Waals surface area contributed by atoms with Crippen LogP contribution in [-0.4, -0.2) is 35.2 Å². The van der Waals surface area contributed by atoms with E-state index in [9.17, 15) is 9.59 Å². The fraction of sp³-hybridized carbons (Fsp3) is 0.261. The van der Waals surface area contributed by atoms with Crippen molar-refractivity contribution in [3.8, 4) is 0 Å². The lowest BCUT2D eigenvalue weighted by Crippen LogP contribution is -2.47. The Kier molecular flexibility index (Phi) is 8.18. The summed E-state index contributed by atoms with van der Waals surface area (Å²) in [6.45, 7) is 6.49. The molecule has 0 aliphatic carbocycles. The summed E-state index contributed by atoms with van der Waals surface area (Å²) in [5.41, 5.74) is 3.07. The molecule has 0 bridgehead atoms. The number of rotatable bonds is 6. The molecule has 3 rings (SSSR count). The third kappa shape index (κ3) is 5.76. The Morgan fingerprint density at radius 1 is 1.12 bits per heavy atom. The molecule has 0 fully saturated rings. The summed E-state index contributed by atoms with van der Waals surface area (Å²) in [5, 5.41) is 10.0. The van der Waals surface area contributed by atoms with Crippen molar-refractivity contribution in [2.75, 3.05) is 23.8 Å². The highest BCUT2D eigenvalue weighted by Gasteiger charge is 2.34. The first kappa shape index (κ1) is 24.8. The Labute approximate surface area is 208 Å². The predicted octanol–water partition coefficient (Wildman–Crippen LogP) is 5.73. The third-order valence-corrected chi connectivity index (χ3v) is 5.98. The number of carbonyl (C=O) groups excluding carboxylic acids is 2. The van der Waals surface area contributed by atoms with Gasteiger partial charge in [0.1, 0.15) is 0 Å². The van der Waals surface area contributed by atoms with Crippen LogP contribution in [-0.2, 0) is 9.53 Å². The van der Waals surface area contributed by atoms with Crippen molar-refractivity contribution in [2.45, 2.75) is 26.8 Å². The second-order valence-corrected chi connectivity index (χ2v) is 8.40. The lowest BCUT2D eigenvalue weighted by Gasteiger charge is -2.37. The van der Waals surface area contributed by atoms with E-state index in [1.807, 2.05) is 30.9 Å². The third-order valence-electron chi connectivity index (χ3n) is 5.09. The lowest BCUT2D eigenvalue weighted by atomic mass is 9.95. The first-order chi connectivity index (χ1) is 15.7. The van der Waals surface area contributed by atoms with Crippen molar-refractivity contribution < 1.29 is 14.3 Å². The second kappa shape index (κ2) is 10.9. The molecule has 0 saturated heterocycles. The summed E-state index contributed by atoms with van der Waals surface area (Å²) < 4.78 is 5.29. The Balaban J connectivity index is 1.78. The number of nitrogens with one attached hydrogen (secondary N) is 3. The van der Waals surface area contributed by atoms with Crippen molar-refractivity contribution in [1.82, 2.24) is 10.2 Å². The van der Waals surface area contributed by atoms with Gasteiger partial charge in [0.2, 0.25) is 0 Å². The normalized spacial score (nSPS) is 15.7. The molecular formula is C23H24Cl2N4O3S. The highest BCUT2D eigenvalue weighted by atomic mass is 35.5. The number of urea groups is 1. The minimum Gasteiger partial charge on any atom is -0.463 e. The molecule has 1 unspecified atom stereocenters. The number of halogens is 2. The molecule has 0 aromatic heterocycles. The standard InChI is InChI=1S/C23H24Cl2N4O3S/c1-4-29-13(3)19(21(30)32-5-2)20(28-23(29)33)14-6-9-16(10-7-14)26-22(31)27-18-11-8-15(24)12-17(18)25/h6-12,20H,4-5H2,1-3H3,(H,28,33)(H2,26,27,31). The number of benzene rings is 2. The van der Waals surface area contributed by atoms with Gasteiger partial charge in [0, 0.05) is 23.0 Å². The zero-order chi connectivity index (χ0) is 24.1. The van der Waals surface area contributed by atoms with Crippen molar-refractivity contribution in [3.63, 3.8) is 0 Å². The van der Waals surface area contributed by atoms with E-state index in [1.165, 1.54) is 0 Å². The van der Waals surface area contributed by atoms with Crippen molar-refractivity contribution in [1.29, 1.82) is 0 Å². The highest BCUT2D eigenvalue weighted by molar-refractivity contribution is 7.80. The molecular weight excluding hydrogens is 483 g/mol. The Hall–Kier alpha value is -2.81. The van der Waals surface area contributed by atoms with Crippen LogP contribution in [0.5, 0.6) is 0 Å².